The second-order valence-corrected chi connectivity index (χ2v) is 7.30. The van der Waals surface area contributed by atoms with Crippen molar-refractivity contribution in [2.24, 2.45) is 0 Å². The highest BCUT2D eigenvalue weighted by Crippen LogP contribution is 2.34. The van der Waals surface area contributed by atoms with Crippen LogP contribution in [0.1, 0.15) is 0 Å². The van der Waals surface area contributed by atoms with Crippen molar-refractivity contribution in [3.63, 3.8) is 0 Å². The first-order valence-electron chi connectivity index (χ1n) is 6.57. The number of nitrogens with one attached hydrogen (secondary N) is 1. The van der Waals surface area contributed by atoms with Crippen molar-refractivity contribution in [1.82, 2.24) is 0 Å². The zero-order chi connectivity index (χ0) is 15.6. The van der Waals surface area contributed by atoms with Gasteiger partial charge < -0.3 is 5.73 Å². The fourth-order valence-electron chi connectivity index (χ4n) is 2.06. The predicted octanol–water partition coefficient (Wildman–Crippen LogP) is 3.80. The van der Waals surface area contributed by atoms with Crippen molar-refractivity contribution < 1.29 is 8.42 Å². The molecule has 4 nitrogen and oxygen atoms in total. The Kier molecular flexibility index (Phi) is 3.87. The molecule has 112 valence electrons. The smallest absolute Gasteiger partial charge is 0.262 e. The maximum absolute atomic E-state index is 12.4. The molecular formula is C16H14N2O2S2. The molecule has 22 heavy (non-hydrogen) atoms. The zero-order valence-corrected chi connectivity index (χ0v) is 13.2. The van der Waals surface area contributed by atoms with Gasteiger partial charge in [-0.2, -0.15) is 0 Å². The van der Waals surface area contributed by atoms with Crippen LogP contribution in [0.25, 0.3) is 11.1 Å². The van der Waals surface area contributed by atoms with Crippen molar-refractivity contribution in [3.8, 4) is 11.1 Å². The Morgan fingerprint density at radius 2 is 1.59 bits per heavy atom. The number of nitrogen functional groups attached to an aromatic ring is 1. The number of nitrogens with two attached hydrogens (primary N) is 1. The Labute approximate surface area is 133 Å². The van der Waals surface area contributed by atoms with Gasteiger partial charge in [-0.15, -0.1) is 11.3 Å². The van der Waals surface area contributed by atoms with Crippen LogP contribution in [-0.4, -0.2) is 8.42 Å². The Bertz CT molecular complexity index is 870. The van der Waals surface area contributed by atoms with E-state index in [4.69, 9.17) is 5.73 Å². The number of thiophene rings is 1. The number of anilines is 2. The third kappa shape index (κ3) is 2.98. The number of hydrogen-bond acceptors (Lipinski definition) is 4. The molecule has 0 aliphatic carbocycles. The minimum Gasteiger partial charge on any atom is -0.399 e. The minimum absolute atomic E-state index is 0.189. The average molecular weight is 330 g/mol. The van der Waals surface area contributed by atoms with Crippen molar-refractivity contribution in [2.45, 2.75) is 4.90 Å². The lowest BCUT2D eigenvalue weighted by Crippen LogP contribution is -2.12. The number of hydrogen-bond donors (Lipinski definition) is 2. The molecule has 0 aliphatic rings. The molecule has 0 amide bonds. The predicted molar refractivity (Wildman–Crippen MR) is 91.4 cm³/mol. The van der Waals surface area contributed by atoms with Gasteiger partial charge in [0.15, 0.2) is 0 Å². The van der Waals surface area contributed by atoms with Crippen LogP contribution in [-0.2, 0) is 10.0 Å². The van der Waals surface area contributed by atoms with E-state index in [-0.39, 0.29) is 4.90 Å². The van der Waals surface area contributed by atoms with Crippen LogP contribution in [0.2, 0.25) is 0 Å². The van der Waals surface area contributed by atoms with Gasteiger partial charge in [0.25, 0.3) is 10.0 Å². The maximum Gasteiger partial charge on any atom is 0.262 e. The molecule has 1 heterocycles. The number of rotatable bonds is 4. The van der Waals surface area contributed by atoms with Crippen LogP contribution in [0, 0.1) is 0 Å². The van der Waals surface area contributed by atoms with Gasteiger partial charge in [0.05, 0.1) is 4.90 Å². The Hall–Kier alpha value is -2.31. The van der Waals surface area contributed by atoms with Gasteiger partial charge in [-0.25, -0.2) is 8.42 Å². The molecule has 0 spiro atoms. The highest BCUT2D eigenvalue weighted by molar-refractivity contribution is 7.93. The second-order valence-electron chi connectivity index (χ2n) is 4.70. The van der Waals surface area contributed by atoms with E-state index in [0.29, 0.717) is 10.7 Å². The van der Waals surface area contributed by atoms with E-state index >= 15 is 0 Å². The molecule has 2 aromatic carbocycles. The molecule has 0 saturated heterocycles. The summed E-state index contributed by atoms with van der Waals surface area (Å²) in [5.74, 6) is 0. The molecule has 3 rings (SSSR count). The van der Waals surface area contributed by atoms with E-state index in [2.05, 4.69) is 4.72 Å². The molecule has 3 N–H and O–H groups in total. The van der Waals surface area contributed by atoms with Gasteiger partial charge in [0, 0.05) is 11.3 Å². The van der Waals surface area contributed by atoms with E-state index in [9.17, 15) is 8.42 Å². The normalized spacial score (nSPS) is 11.3. The summed E-state index contributed by atoms with van der Waals surface area (Å²) in [6.45, 7) is 0. The SMILES string of the molecule is Nc1ccc(S(=O)(=O)Nc2sccc2-c2ccccc2)cc1. The molecule has 0 saturated carbocycles. The van der Waals surface area contributed by atoms with Crippen LogP contribution >= 0.6 is 11.3 Å². The molecule has 0 aliphatic heterocycles. The van der Waals surface area contributed by atoms with Crippen molar-refractivity contribution >= 4 is 32.0 Å². The maximum atomic E-state index is 12.4. The molecule has 0 radical (unpaired) electrons. The third-order valence-corrected chi connectivity index (χ3v) is 5.49. The first-order chi connectivity index (χ1) is 10.6. The van der Waals surface area contributed by atoms with Crippen LogP contribution in [0.5, 0.6) is 0 Å². The first-order valence-corrected chi connectivity index (χ1v) is 8.94. The van der Waals surface area contributed by atoms with Crippen LogP contribution in [0.3, 0.4) is 0 Å². The first kappa shape index (κ1) is 14.6. The fourth-order valence-corrected chi connectivity index (χ4v) is 4.20. The quantitative estimate of drug-likeness (QED) is 0.715. The molecule has 0 unspecified atom stereocenters. The second kappa shape index (κ2) is 5.82. The molecule has 0 atom stereocenters. The summed E-state index contributed by atoms with van der Waals surface area (Å²) >= 11 is 1.35. The lowest BCUT2D eigenvalue weighted by atomic mass is 10.1. The van der Waals surface area contributed by atoms with E-state index < -0.39 is 10.0 Å². The van der Waals surface area contributed by atoms with Gasteiger partial charge in [-0.1, -0.05) is 30.3 Å². The van der Waals surface area contributed by atoms with E-state index in [1.54, 1.807) is 12.1 Å². The minimum atomic E-state index is -3.63. The molecular weight excluding hydrogens is 316 g/mol. The number of benzene rings is 2. The standard InChI is InChI=1S/C16H14N2O2S2/c17-13-6-8-14(9-7-13)22(19,20)18-16-15(10-11-21-16)12-4-2-1-3-5-12/h1-11,18H,17H2. The summed E-state index contributed by atoms with van der Waals surface area (Å²) in [6, 6.07) is 17.7. The Morgan fingerprint density at radius 1 is 0.909 bits per heavy atom. The Balaban J connectivity index is 1.94. The van der Waals surface area contributed by atoms with Crippen molar-refractivity contribution in [2.75, 3.05) is 10.5 Å². The van der Waals surface area contributed by atoms with Crippen molar-refractivity contribution in [1.29, 1.82) is 0 Å². The summed E-state index contributed by atoms with van der Waals surface area (Å²) in [4.78, 5) is 0.189. The van der Waals surface area contributed by atoms with E-state index in [0.717, 1.165) is 11.1 Å². The molecule has 6 heteroatoms. The highest BCUT2D eigenvalue weighted by Gasteiger charge is 2.17. The average Bonchev–Trinajstić information content (AvgIpc) is 2.96. The molecule has 3 aromatic rings. The number of sulfonamides is 1. The third-order valence-electron chi connectivity index (χ3n) is 3.17. The van der Waals surface area contributed by atoms with Gasteiger partial charge >= 0.3 is 0 Å². The molecule has 1 aromatic heterocycles. The molecule has 0 fully saturated rings. The van der Waals surface area contributed by atoms with E-state index in [1.807, 2.05) is 41.8 Å². The lowest BCUT2D eigenvalue weighted by molar-refractivity contribution is 0.601. The molecule has 0 bridgehead atoms. The highest BCUT2D eigenvalue weighted by atomic mass is 32.2. The summed E-state index contributed by atoms with van der Waals surface area (Å²) in [5, 5.41) is 2.46. The summed E-state index contributed by atoms with van der Waals surface area (Å²) < 4.78 is 27.5. The van der Waals surface area contributed by atoms with E-state index in [1.165, 1.54) is 23.5 Å². The topological polar surface area (TPSA) is 72.2 Å². The van der Waals surface area contributed by atoms with Gasteiger partial charge in [0.2, 0.25) is 0 Å². The zero-order valence-electron chi connectivity index (χ0n) is 11.6. The summed E-state index contributed by atoms with van der Waals surface area (Å²) in [6.07, 6.45) is 0. The fraction of sp³-hybridized carbons (Fsp3) is 0. The van der Waals surface area contributed by atoms with Crippen LogP contribution < -0.4 is 10.5 Å². The van der Waals surface area contributed by atoms with Gasteiger partial charge in [0.1, 0.15) is 5.00 Å². The van der Waals surface area contributed by atoms with Gasteiger partial charge in [-0.05, 0) is 41.3 Å². The van der Waals surface area contributed by atoms with Crippen LogP contribution in [0.15, 0.2) is 70.9 Å². The summed E-state index contributed by atoms with van der Waals surface area (Å²) in [5.41, 5.74) is 7.96. The lowest BCUT2D eigenvalue weighted by Gasteiger charge is -2.09. The monoisotopic (exact) mass is 330 g/mol. The van der Waals surface area contributed by atoms with Crippen LogP contribution in [0.4, 0.5) is 10.7 Å². The van der Waals surface area contributed by atoms with Gasteiger partial charge in [-0.3, -0.25) is 4.72 Å². The Morgan fingerprint density at radius 3 is 2.27 bits per heavy atom. The summed E-state index contributed by atoms with van der Waals surface area (Å²) in [7, 11) is -3.63. The largest absolute Gasteiger partial charge is 0.399 e. The van der Waals surface area contributed by atoms with Crippen molar-refractivity contribution in [3.05, 3.63) is 66.0 Å².